The number of nitrogens with one attached hydrogen (secondary N) is 1. The molecule has 0 aliphatic heterocycles. The number of carboxylic acids is 1. The Morgan fingerprint density at radius 1 is 0.970 bits per heavy atom. The molecular formula is C27H28N2O4. The van der Waals surface area contributed by atoms with Gasteiger partial charge >= 0.3 is 5.97 Å². The Kier molecular flexibility index (Phi) is 6.95. The van der Waals surface area contributed by atoms with Crippen LogP contribution in [0.3, 0.4) is 0 Å². The van der Waals surface area contributed by atoms with Crippen molar-refractivity contribution in [1.29, 1.82) is 0 Å². The average Bonchev–Trinajstić information content (AvgIpc) is 3.15. The highest BCUT2D eigenvalue weighted by molar-refractivity contribution is 5.98. The van der Waals surface area contributed by atoms with E-state index >= 15 is 0 Å². The van der Waals surface area contributed by atoms with Gasteiger partial charge in [0.25, 0.3) is 0 Å². The molecule has 170 valence electrons. The summed E-state index contributed by atoms with van der Waals surface area (Å²) in [6.45, 7) is 1.63. The Morgan fingerprint density at radius 3 is 2.45 bits per heavy atom. The maximum Gasteiger partial charge on any atom is 0.352 e. The minimum atomic E-state index is -0.923. The first-order valence-electron chi connectivity index (χ1n) is 10.9. The van der Waals surface area contributed by atoms with Crippen molar-refractivity contribution >= 4 is 16.9 Å². The van der Waals surface area contributed by atoms with E-state index in [4.69, 9.17) is 9.47 Å². The molecule has 1 heterocycles. The summed E-state index contributed by atoms with van der Waals surface area (Å²) in [6.07, 6.45) is 0.728. The number of hydrogen-bond acceptors (Lipinski definition) is 4. The number of carbonyl (C=O) groups is 1. The van der Waals surface area contributed by atoms with Crippen molar-refractivity contribution in [3.63, 3.8) is 0 Å². The van der Waals surface area contributed by atoms with Crippen LogP contribution in [0, 0.1) is 0 Å². The van der Waals surface area contributed by atoms with Gasteiger partial charge in [-0.3, -0.25) is 0 Å². The lowest BCUT2D eigenvalue weighted by molar-refractivity contribution is 0.0684. The molecule has 0 radical (unpaired) electrons. The number of carboxylic acid groups (broad SMARTS) is 1. The van der Waals surface area contributed by atoms with Gasteiger partial charge in [-0.05, 0) is 48.4 Å². The van der Waals surface area contributed by atoms with E-state index < -0.39 is 5.97 Å². The number of rotatable bonds is 10. The van der Waals surface area contributed by atoms with Gasteiger partial charge in [0.05, 0.1) is 14.2 Å². The number of methoxy groups -OCH3 is 2. The number of benzene rings is 3. The molecule has 0 saturated heterocycles. The van der Waals surface area contributed by atoms with E-state index in [1.807, 2.05) is 77.4 Å². The number of nitrogens with zero attached hydrogens (tertiary/aromatic N) is 1. The number of ether oxygens (including phenoxy) is 2. The van der Waals surface area contributed by atoms with E-state index in [1.165, 1.54) is 0 Å². The number of hydrogen-bond donors (Lipinski definition) is 2. The lowest BCUT2D eigenvalue weighted by Crippen LogP contribution is -2.19. The highest BCUT2D eigenvalue weighted by Crippen LogP contribution is 2.28. The van der Waals surface area contributed by atoms with Gasteiger partial charge in [0.1, 0.15) is 17.2 Å². The van der Waals surface area contributed by atoms with Crippen molar-refractivity contribution in [1.82, 2.24) is 9.88 Å². The fourth-order valence-corrected chi connectivity index (χ4v) is 4.24. The first-order chi connectivity index (χ1) is 16.1. The van der Waals surface area contributed by atoms with Gasteiger partial charge in [0, 0.05) is 29.6 Å². The molecule has 6 heteroatoms. The Morgan fingerprint density at radius 2 is 1.73 bits per heavy atom. The van der Waals surface area contributed by atoms with Crippen LogP contribution in [0.15, 0.2) is 72.8 Å². The molecule has 6 nitrogen and oxygen atoms in total. The molecule has 4 aromatic rings. The SMILES string of the molecule is COc1ccc(OC)c(CCNCc2c(C(=O)O)n(Cc3ccccc3)c3ccccc23)c1. The number of fused-ring (bicyclic) bond motifs is 1. The van der Waals surface area contributed by atoms with Gasteiger partial charge in [0.2, 0.25) is 0 Å². The summed E-state index contributed by atoms with van der Waals surface area (Å²) in [7, 11) is 3.29. The Hall–Kier alpha value is -3.77. The molecular weight excluding hydrogens is 416 g/mol. The smallest absolute Gasteiger partial charge is 0.352 e. The van der Waals surface area contributed by atoms with Gasteiger partial charge in [-0.15, -0.1) is 0 Å². The van der Waals surface area contributed by atoms with E-state index in [9.17, 15) is 9.90 Å². The molecule has 1 aromatic heterocycles. The molecule has 2 N–H and O–H groups in total. The first kappa shape index (κ1) is 22.4. The van der Waals surface area contributed by atoms with Crippen LogP contribution in [0.1, 0.15) is 27.2 Å². The molecule has 0 aliphatic rings. The highest BCUT2D eigenvalue weighted by atomic mass is 16.5. The molecule has 0 saturated carbocycles. The number of para-hydroxylation sites is 1. The zero-order valence-electron chi connectivity index (χ0n) is 18.9. The summed E-state index contributed by atoms with van der Waals surface area (Å²) in [5.74, 6) is 0.666. The molecule has 0 atom stereocenters. The monoisotopic (exact) mass is 444 g/mol. The fourth-order valence-electron chi connectivity index (χ4n) is 4.24. The lowest BCUT2D eigenvalue weighted by Gasteiger charge is -2.12. The molecule has 4 rings (SSSR count). The summed E-state index contributed by atoms with van der Waals surface area (Å²) in [6, 6.07) is 23.5. The Labute approximate surface area is 193 Å². The molecule has 3 aromatic carbocycles. The molecule has 0 bridgehead atoms. The summed E-state index contributed by atoms with van der Waals surface area (Å²) in [5, 5.41) is 14.5. The fraction of sp³-hybridized carbons (Fsp3) is 0.222. The minimum Gasteiger partial charge on any atom is -0.497 e. The van der Waals surface area contributed by atoms with E-state index in [0.29, 0.717) is 25.3 Å². The van der Waals surface area contributed by atoms with E-state index in [2.05, 4.69) is 5.32 Å². The third-order valence-electron chi connectivity index (χ3n) is 5.82. The van der Waals surface area contributed by atoms with Crippen LogP contribution in [0.4, 0.5) is 0 Å². The molecule has 0 unspecified atom stereocenters. The second kappa shape index (κ2) is 10.2. The lowest BCUT2D eigenvalue weighted by atomic mass is 10.1. The van der Waals surface area contributed by atoms with Crippen molar-refractivity contribution in [3.8, 4) is 11.5 Å². The number of aromatic carboxylic acids is 1. The van der Waals surface area contributed by atoms with Crippen LogP contribution < -0.4 is 14.8 Å². The van der Waals surface area contributed by atoms with Gasteiger partial charge in [-0.2, -0.15) is 0 Å². The predicted molar refractivity (Wildman–Crippen MR) is 129 cm³/mol. The van der Waals surface area contributed by atoms with Gasteiger partial charge in [-0.1, -0.05) is 48.5 Å². The normalized spacial score (nSPS) is 11.0. The summed E-state index contributed by atoms with van der Waals surface area (Å²) in [5.41, 5.74) is 4.14. The zero-order valence-corrected chi connectivity index (χ0v) is 18.9. The van der Waals surface area contributed by atoms with Crippen LogP contribution in [-0.2, 0) is 19.5 Å². The largest absolute Gasteiger partial charge is 0.497 e. The first-order valence-corrected chi connectivity index (χ1v) is 10.9. The zero-order chi connectivity index (χ0) is 23.2. The second-order valence-electron chi connectivity index (χ2n) is 7.83. The minimum absolute atomic E-state index is 0.325. The van der Waals surface area contributed by atoms with Crippen LogP contribution in [0.5, 0.6) is 11.5 Å². The van der Waals surface area contributed by atoms with Crippen LogP contribution >= 0.6 is 0 Å². The Balaban J connectivity index is 1.58. The third kappa shape index (κ3) is 4.86. The van der Waals surface area contributed by atoms with Crippen molar-refractivity contribution in [2.24, 2.45) is 0 Å². The number of aromatic nitrogens is 1. The van der Waals surface area contributed by atoms with Crippen LogP contribution in [0.25, 0.3) is 10.9 Å². The third-order valence-corrected chi connectivity index (χ3v) is 5.82. The van der Waals surface area contributed by atoms with Gasteiger partial charge < -0.3 is 24.5 Å². The maximum atomic E-state index is 12.3. The highest BCUT2D eigenvalue weighted by Gasteiger charge is 2.22. The average molecular weight is 445 g/mol. The predicted octanol–water partition coefficient (Wildman–Crippen LogP) is 4.74. The topological polar surface area (TPSA) is 72.7 Å². The van der Waals surface area contributed by atoms with Gasteiger partial charge in [0.15, 0.2) is 0 Å². The quantitative estimate of drug-likeness (QED) is 0.346. The van der Waals surface area contributed by atoms with E-state index in [-0.39, 0.29) is 0 Å². The van der Waals surface area contributed by atoms with Crippen molar-refractivity contribution in [2.75, 3.05) is 20.8 Å². The molecule has 0 spiro atoms. The second-order valence-corrected chi connectivity index (χ2v) is 7.83. The van der Waals surface area contributed by atoms with E-state index in [1.54, 1.807) is 14.2 Å². The van der Waals surface area contributed by atoms with Gasteiger partial charge in [-0.25, -0.2) is 4.79 Å². The standard InChI is InChI=1S/C27H28N2O4/c1-32-21-12-13-25(33-2)20(16-21)14-15-28-17-23-22-10-6-7-11-24(22)29(26(23)27(30)31)18-19-8-4-3-5-9-19/h3-13,16,28H,14-15,17-18H2,1-2H3,(H,30,31). The van der Waals surface area contributed by atoms with Crippen LogP contribution in [-0.4, -0.2) is 36.4 Å². The molecule has 33 heavy (non-hydrogen) atoms. The summed E-state index contributed by atoms with van der Waals surface area (Å²) in [4.78, 5) is 12.3. The summed E-state index contributed by atoms with van der Waals surface area (Å²) >= 11 is 0. The molecule has 0 fully saturated rings. The van der Waals surface area contributed by atoms with E-state index in [0.717, 1.165) is 45.5 Å². The summed E-state index contributed by atoms with van der Waals surface area (Å²) < 4.78 is 12.7. The Bertz CT molecular complexity index is 1250. The maximum absolute atomic E-state index is 12.3. The van der Waals surface area contributed by atoms with Crippen molar-refractivity contribution in [3.05, 3.63) is 95.2 Å². The van der Waals surface area contributed by atoms with Crippen molar-refractivity contribution < 1.29 is 19.4 Å². The molecule has 0 amide bonds. The van der Waals surface area contributed by atoms with Crippen LogP contribution in [0.2, 0.25) is 0 Å². The molecule has 0 aliphatic carbocycles. The van der Waals surface area contributed by atoms with Crippen molar-refractivity contribution in [2.45, 2.75) is 19.5 Å².